The van der Waals surface area contributed by atoms with Gasteiger partial charge in [-0.2, -0.15) is 0 Å². The van der Waals surface area contributed by atoms with E-state index in [9.17, 15) is 9.59 Å². The average Bonchev–Trinajstić information content (AvgIpc) is 2.87. The van der Waals surface area contributed by atoms with Gasteiger partial charge in [0.1, 0.15) is 0 Å². The number of nitrogens with zero attached hydrogens (tertiary/aromatic N) is 1. The van der Waals surface area contributed by atoms with Crippen LogP contribution in [0.1, 0.15) is 46.0 Å². The Morgan fingerprint density at radius 3 is 2.04 bits per heavy atom. The van der Waals surface area contributed by atoms with Crippen molar-refractivity contribution in [1.29, 1.82) is 0 Å². The van der Waals surface area contributed by atoms with Gasteiger partial charge in [-0.15, -0.1) is 12.4 Å². The molecule has 4 nitrogen and oxygen atoms in total. The van der Waals surface area contributed by atoms with Gasteiger partial charge in [0.15, 0.2) is 0 Å². The second-order valence-electron chi connectivity index (χ2n) is 6.02. The standard InChI is InChI=1S/C20H22N2O2.ClH/c1-2-8-18(21-14-13-15-9-4-3-5-10-15)22-19(23)16-11-6-7-12-17(16)20(22)24;/h3-7,9-12,18,21H,2,8,13-14H2,1H3;1H. The van der Waals surface area contributed by atoms with Crippen LogP contribution in [0.5, 0.6) is 0 Å². The number of hydrogen-bond donors (Lipinski definition) is 1. The quantitative estimate of drug-likeness (QED) is 0.768. The van der Waals surface area contributed by atoms with E-state index in [-0.39, 0.29) is 30.4 Å². The molecule has 1 unspecified atom stereocenters. The van der Waals surface area contributed by atoms with Crippen LogP contribution in [0.15, 0.2) is 54.6 Å². The molecule has 132 valence electrons. The minimum absolute atomic E-state index is 0. The summed E-state index contributed by atoms with van der Waals surface area (Å²) in [4.78, 5) is 26.6. The van der Waals surface area contributed by atoms with Crippen LogP contribution in [0.25, 0.3) is 0 Å². The molecule has 2 aromatic rings. The average molecular weight is 359 g/mol. The molecule has 3 rings (SSSR count). The van der Waals surface area contributed by atoms with Gasteiger partial charge in [-0.3, -0.25) is 19.8 Å². The molecular weight excluding hydrogens is 336 g/mol. The second-order valence-corrected chi connectivity index (χ2v) is 6.02. The fourth-order valence-corrected chi connectivity index (χ4v) is 3.11. The maximum Gasteiger partial charge on any atom is 0.262 e. The van der Waals surface area contributed by atoms with Crippen LogP contribution >= 0.6 is 12.4 Å². The highest BCUT2D eigenvalue weighted by Crippen LogP contribution is 2.25. The van der Waals surface area contributed by atoms with Crippen LogP contribution < -0.4 is 5.32 Å². The number of amides is 2. The Labute approximate surface area is 154 Å². The second kappa shape index (κ2) is 8.79. The van der Waals surface area contributed by atoms with Crippen molar-refractivity contribution in [2.75, 3.05) is 6.54 Å². The smallest absolute Gasteiger partial charge is 0.262 e. The fraction of sp³-hybridized carbons (Fsp3) is 0.300. The summed E-state index contributed by atoms with van der Waals surface area (Å²) in [6.45, 7) is 2.78. The molecule has 1 aliphatic heterocycles. The van der Waals surface area contributed by atoms with Crippen LogP contribution in [-0.2, 0) is 6.42 Å². The van der Waals surface area contributed by atoms with Gasteiger partial charge in [0.05, 0.1) is 17.3 Å². The zero-order valence-electron chi connectivity index (χ0n) is 14.3. The number of carbonyl (C=O) groups is 2. The number of hydrogen-bond acceptors (Lipinski definition) is 3. The van der Waals surface area contributed by atoms with Gasteiger partial charge in [-0.05, 0) is 30.5 Å². The van der Waals surface area contributed by atoms with Gasteiger partial charge in [0.25, 0.3) is 11.8 Å². The molecule has 2 amide bonds. The lowest BCUT2D eigenvalue weighted by Gasteiger charge is -2.27. The van der Waals surface area contributed by atoms with E-state index < -0.39 is 0 Å². The van der Waals surface area contributed by atoms with Gasteiger partial charge in [-0.25, -0.2) is 0 Å². The zero-order chi connectivity index (χ0) is 16.9. The van der Waals surface area contributed by atoms with Gasteiger partial charge in [0.2, 0.25) is 0 Å². The Kier molecular flexibility index (Phi) is 6.73. The van der Waals surface area contributed by atoms with Crippen molar-refractivity contribution < 1.29 is 9.59 Å². The van der Waals surface area contributed by atoms with Crippen molar-refractivity contribution in [1.82, 2.24) is 10.2 Å². The number of imide groups is 1. The lowest BCUT2D eigenvalue weighted by atomic mass is 10.1. The SMILES string of the molecule is CCCC(NCCc1ccccc1)N1C(=O)c2ccccc2C1=O.Cl. The van der Waals surface area contributed by atoms with Crippen molar-refractivity contribution in [2.24, 2.45) is 0 Å². The minimum Gasteiger partial charge on any atom is -0.296 e. The fourth-order valence-electron chi connectivity index (χ4n) is 3.11. The Morgan fingerprint density at radius 2 is 1.48 bits per heavy atom. The number of rotatable bonds is 7. The first-order valence-electron chi connectivity index (χ1n) is 8.46. The maximum atomic E-state index is 12.6. The molecule has 5 heteroatoms. The predicted molar refractivity (Wildman–Crippen MR) is 101 cm³/mol. The third-order valence-corrected chi connectivity index (χ3v) is 4.34. The van der Waals surface area contributed by atoms with E-state index in [2.05, 4.69) is 24.4 Å². The van der Waals surface area contributed by atoms with E-state index in [4.69, 9.17) is 0 Å². The van der Waals surface area contributed by atoms with Gasteiger partial charge in [-0.1, -0.05) is 55.8 Å². The van der Waals surface area contributed by atoms with E-state index in [0.29, 0.717) is 11.1 Å². The summed E-state index contributed by atoms with van der Waals surface area (Å²) in [7, 11) is 0. The molecular formula is C20H23ClN2O2. The molecule has 0 saturated heterocycles. The molecule has 0 spiro atoms. The van der Waals surface area contributed by atoms with Gasteiger partial charge in [0, 0.05) is 6.54 Å². The summed E-state index contributed by atoms with van der Waals surface area (Å²) in [5.41, 5.74) is 2.25. The summed E-state index contributed by atoms with van der Waals surface area (Å²) >= 11 is 0. The van der Waals surface area contributed by atoms with E-state index >= 15 is 0 Å². The van der Waals surface area contributed by atoms with Gasteiger partial charge < -0.3 is 0 Å². The lowest BCUT2D eigenvalue weighted by molar-refractivity contribution is 0.0543. The number of halogens is 1. The first-order valence-corrected chi connectivity index (χ1v) is 8.46. The largest absolute Gasteiger partial charge is 0.296 e. The van der Waals surface area contributed by atoms with Crippen LogP contribution in [0, 0.1) is 0 Å². The van der Waals surface area contributed by atoms with Crippen molar-refractivity contribution in [3.05, 3.63) is 71.3 Å². The third-order valence-electron chi connectivity index (χ3n) is 4.34. The Balaban J connectivity index is 0.00000225. The van der Waals surface area contributed by atoms with E-state index in [1.54, 1.807) is 24.3 Å². The van der Waals surface area contributed by atoms with Crippen molar-refractivity contribution in [2.45, 2.75) is 32.4 Å². The monoisotopic (exact) mass is 358 g/mol. The molecule has 0 bridgehead atoms. The van der Waals surface area contributed by atoms with Crippen molar-refractivity contribution >= 4 is 24.2 Å². The summed E-state index contributed by atoms with van der Waals surface area (Å²) in [5, 5.41) is 3.39. The molecule has 0 aromatic heterocycles. The summed E-state index contributed by atoms with van der Waals surface area (Å²) in [6, 6.07) is 17.2. The number of carbonyl (C=O) groups excluding carboxylic acids is 2. The Hall–Kier alpha value is -2.17. The molecule has 0 saturated carbocycles. The Bertz CT molecular complexity index is 698. The van der Waals surface area contributed by atoms with Crippen LogP contribution in [0.2, 0.25) is 0 Å². The number of nitrogens with one attached hydrogen (secondary N) is 1. The van der Waals surface area contributed by atoms with Gasteiger partial charge >= 0.3 is 0 Å². The molecule has 1 heterocycles. The Morgan fingerprint density at radius 1 is 0.920 bits per heavy atom. The minimum atomic E-state index is -0.258. The summed E-state index contributed by atoms with van der Waals surface area (Å²) in [6.07, 6.45) is 2.26. The lowest BCUT2D eigenvalue weighted by Crippen LogP contribution is -2.49. The highest BCUT2D eigenvalue weighted by molar-refractivity contribution is 6.21. The van der Waals surface area contributed by atoms with Crippen LogP contribution in [-0.4, -0.2) is 29.4 Å². The molecule has 1 N–H and O–H groups in total. The molecule has 1 atom stereocenters. The maximum absolute atomic E-state index is 12.6. The third kappa shape index (κ3) is 4.09. The highest BCUT2D eigenvalue weighted by Gasteiger charge is 2.39. The normalized spacial score (nSPS) is 14.2. The van der Waals surface area contributed by atoms with Crippen LogP contribution in [0.4, 0.5) is 0 Å². The first-order chi connectivity index (χ1) is 11.7. The predicted octanol–water partition coefficient (Wildman–Crippen LogP) is 3.66. The molecule has 2 aromatic carbocycles. The molecule has 1 aliphatic rings. The van der Waals surface area contributed by atoms with E-state index in [1.807, 2.05) is 18.2 Å². The van der Waals surface area contributed by atoms with E-state index in [1.165, 1.54) is 10.5 Å². The highest BCUT2D eigenvalue weighted by atomic mass is 35.5. The molecule has 0 aliphatic carbocycles. The summed E-state index contributed by atoms with van der Waals surface area (Å²) in [5.74, 6) is -0.387. The van der Waals surface area contributed by atoms with E-state index in [0.717, 1.165) is 25.8 Å². The molecule has 0 radical (unpaired) electrons. The van der Waals surface area contributed by atoms with Crippen LogP contribution in [0.3, 0.4) is 0 Å². The molecule has 25 heavy (non-hydrogen) atoms. The number of fused-ring (bicyclic) bond motifs is 1. The van der Waals surface area contributed by atoms with Crippen molar-refractivity contribution in [3.63, 3.8) is 0 Å². The topological polar surface area (TPSA) is 49.4 Å². The van der Waals surface area contributed by atoms with Crippen molar-refractivity contribution in [3.8, 4) is 0 Å². The first kappa shape index (κ1) is 19.2. The summed E-state index contributed by atoms with van der Waals surface area (Å²) < 4.78 is 0. The number of benzene rings is 2. The zero-order valence-corrected chi connectivity index (χ0v) is 15.1. The molecule has 0 fully saturated rings.